The molecule has 0 amide bonds. The molecule has 0 aromatic carbocycles. The minimum absolute atomic E-state index is 0.257. The number of rotatable bonds is 6. The van der Waals surface area contributed by atoms with Gasteiger partial charge in [-0.05, 0) is 73.0 Å². The Morgan fingerprint density at radius 2 is 1.95 bits per heavy atom. The Kier molecular flexibility index (Phi) is 4.91. The van der Waals surface area contributed by atoms with Crippen molar-refractivity contribution >= 4 is 0 Å². The van der Waals surface area contributed by atoms with Crippen molar-refractivity contribution in [2.45, 2.75) is 64.6 Å². The van der Waals surface area contributed by atoms with Crippen LogP contribution in [-0.4, -0.2) is 60.6 Å². The lowest BCUT2D eigenvalue weighted by atomic mass is 10.1. The second-order valence-electron chi connectivity index (χ2n) is 7.79. The summed E-state index contributed by atoms with van der Waals surface area (Å²) in [4.78, 5) is 5.25. The molecule has 1 N–H and O–H groups in total. The highest BCUT2D eigenvalue weighted by atomic mass is 15.2. The highest BCUT2D eigenvalue weighted by Gasteiger charge is 2.31. The summed E-state index contributed by atoms with van der Waals surface area (Å²) in [5.74, 6) is 0.845. The number of hydrogen-bond acceptors (Lipinski definition) is 3. The first kappa shape index (κ1) is 15.3. The number of nitrogens with one attached hydrogen (secondary N) is 1. The van der Waals surface area contributed by atoms with Gasteiger partial charge in [-0.15, -0.1) is 0 Å². The van der Waals surface area contributed by atoms with E-state index in [1.165, 1.54) is 45.4 Å². The third-order valence-electron chi connectivity index (χ3n) is 4.63. The molecular formula is C16H33N3. The summed E-state index contributed by atoms with van der Waals surface area (Å²) in [7, 11) is 2.30. The van der Waals surface area contributed by atoms with Crippen LogP contribution in [-0.2, 0) is 0 Å². The van der Waals surface area contributed by atoms with E-state index in [0.29, 0.717) is 6.04 Å². The van der Waals surface area contributed by atoms with Gasteiger partial charge >= 0.3 is 0 Å². The maximum absolute atomic E-state index is 3.65. The topological polar surface area (TPSA) is 18.5 Å². The average molecular weight is 267 g/mol. The summed E-state index contributed by atoms with van der Waals surface area (Å²) < 4.78 is 0. The van der Waals surface area contributed by atoms with Crippen LogP contribution in [0.25, 0.3) is 0 Å². The van der Waals surface area contributed by atoms with E-state index >= 15 is 0 Å². The largest absolute Gasteiger partial charge is 0.312 e. The zero-order valence-corrected chi connectivity index (χ0v) is 13.6. The van der Waals surface area contributed by atoms with Crippen LogP contribution in [0.15, 0.2) is 0 Å². The molecule has 0 aromatic heterocycles. The molecule has 1 saturated carbocycles. The highest BCUT2D eigenvalue weighted by Crippen LogP contribution is 2.27. The number of nitrogens with zero attached hydrogens (tertiary/aromatic N) is 2. The summed E-state index contributed by atoms with van der Waals surface area (Å²) in [6.45, 7) is 14.2. The summed E-state index contributed by atoms with van der Waals surface area (Å²) in [5, 5.41) is 3.65. The Morgan fingerprint density at radius 3 is 2.53 bits per heavy atom. The van der Waals surface area contributed by atoms with Gasteiger partial charge in [0.05, 0.1) is 0 Å². The number of hydrogen-bond donors (Lipinski definition) is 1. The van der Waals surface area contributed by atoms with Gasteiger partial charge in [0.15, 0.2) is 0 Å². The van der Waals surface area contributed by atoms with Gasteiger partial charge in [-0.2, -0.15) is 0 Å². The van der Waals surface area contributed by atoms with Crippen LogP contribution in [0.4, 0.5) is 0 Å². The lowest BCUT2D eigenvalue weighted by molar-refractivity contribution is 0.182. The van der Waals surface area contributed by atoms with Gasteiger partial charge in [0, 0.05) is 30.7 Å². The van der Waals surface area contributed by atoms with E-state index in [1.54, 1.807) is 0 Å². The van der Waals surface area contributed by atoms with Gasteiger partial charge in [0.1, 0.15) is 0 Å². The quantitative estimate of drug-likeness (QED) is 0.796. The lowest BCUT2D eigenvalue weighted by Gasteiger charge is -2.29. The second-order valence-corrected chi connectivity index (χ2v) is 7.79. The van der Waals surface area contributed by atoms with Crippen molar-refractivity contribution in [3.05, 3.63) is 0 Å². The van der Waals surface area contributed by atoms with Crippen molar-refractivity contribution in [2.75, 3.05) is 33.2 Å². The van der Waals surface area contributed by atoms with Crippen LogP contribution >= 0.6 is 0 Å². The summed E-state index contributed by atoms with van der Waals surface area (Å²) >= 11 is 0. The molecule has 1 heterocycles. The maximum Gasteiger partial charge on any atom is 0.0194 e. The van der Waals surface area contributed by atoms with Gasteiger partial charge in [-0.3, -0.25) is 4.90 Å². The van der Waals surface area contributed by atoms with Crippen molar-refractivity contribution in [1.82, 2.24) is 15.1 Å². The predicted molar refractivity (Wildman–Crippen MR) is 82.5 cm³/mol. The van der Waals surface area contributed by atoms with E-state index in [-0.39, 0.29) is 5.54 Å². The first-order valence-electron chi connectivity index (χ1n) is 8.04. The van der Waals surface area contributed by atoms with Crippen LogP contribution < -0.4 is 5.32 Å². The fraction of sp³-hybridized carbons (Fsp3) is 1.00. The molecule has 0 bridgehead atoms. The molecule has 2 fully saturated rings. The molecule has 1 aliphatic heterocycles. The van der Waals surface area contributed by atoms with E-state index < -0.39 is 0 Å². The lowest BCUT2D eigenvalue weighted by Crippen LogP contribution is -2.42. The zero-order chi connectivity index (χ0) is 14.0. The molecule has 19 heavy (non-hydrogen) atoms. The van der Waals surface area contributed by atoms with Gasteiger partial charge in [0.2, 0.25) is 0 Å². The second kappa shape index (κ2) is 6.11. The molecule has 2 atom stereocenters. The maximum atomic E-state index is 3.65. The van der Waals surface area contributed by atoms with Gasteiger partial charge in [-0.25, -0.2) is 0 Å². The Labute approximate surface area is 119 Å². The molecule has 0 radical (unpaired) electrons. The molecule has 3 nitrogen and oxygen atoms in total. The highest BCUT2D eigenvalue weighted by molar-refractivity contribution is 4.88. The molecule has 112 valence electrons. The predicted octanol–water partition coefficient (Wildman–Crippen LogP) is 2.18. The Bertz CT molecular complexity index is 280. The summed E-state index contributed by atoms with van der Waals surface area (Å²) in [6, 6.07) is 1.60. The summed E-state index contributed by atoms with van der Waals surface area (Å²) in [5.41, 5.74) is 0.257. The smallest absolute Gasteiger partial charge is 0.0194 e. The number of likely N-dealkylation sites (N-methyl/N-ethyl adjacent to an activating group) is 1. The van der Waals surface area contributed by atoms with E-state index in [0.717, 1.165) is 12.0 Å². The first-order chi connectivity index (χ1) is 8.85. The fourth-order valence-electron chi connectivity index (χ4n) is 3.04. The Hall–Kier alpha value is -0.120. The molecule has 0 spiro atoms. The van der Waals surface area contributed by atoms with Gasteiger partial charge in [0.25, 0.3) is 0 Å². The van der Waals surface area contributed by atoms with Crippen molar-refractivity contribution in [3.8, 4) is 0 Å². The van der Waals surface area contributed by atoms with Crippen LogP contribution in [0.5, 0.6) is 0 Å². The van der Waals surface area contributed by atoms with Gasteiger partial charge in [-0.1, -0.05) is 0 Å². The van der Waals surface area contributed by atoms with Gasteiger partial charge < -0.3 is 10.2 Å². The fourth-order valence-corrected chi connectivity index (χ4v) is 3.04. The van der Waals surface area contributed by atoms with Crippen LogP contribution in [0, 0.1) is 5.92 Å². The van der Waals surface area contributed by atoms with Crippen molar-refractivity contribution in [1.29, 1.82) is 0 Å². The van der Waals surface area contributed by atoms with Crippen LogP contribution in [0.2, 0.25) is 0 Å². The van der Waals surface area contributed by atoms with Crippen molar-refractivity contribution in [3.63, 3.8) is 0 Å². The molecule has 2 rings (SSSR count). The normalized spacial score (nSPS) is 27.2. The molecule has 2 unspecified atom stereocenters. The molecule has 1 aliphatic carbocycles. The molecule has 1 saturated heterocycles. The molecule has 0 aromatic rings. The SMILES string of the molecule is CC(CN1CCC(CNC(C)(C)C)C1)N(C)C1CC1. The van der Waals surface area contributed by atoms with E-state index in [9.17, 15) is 0 Å². The monoisotopic (exact) mass is 267 g/mol. The van der Waals surface area contributed by atoms with E-state index in [2.05, 4.69) is 49.9 Å². The third-order valence-corrected chi connectivity index (χ3v) is 4.63. The van der Waals surface area contributed by atoms with Crippen molar-refractivity contribution in [2.24, 2.45) is 5.92 Å². The number of likely N-dealkylation sites (tertiary alicyclic amines) is 1. The Balaban J connectivity index is 1.66. The molecular weight excluding hydrogens is 234 g/mol. The third kappa shape index (κ3) is 5.05. The molecule has 3 heteroatoms. The zero-order valence-electron chi connectivity index (χ0n) is 13.6. The minimum atomic E-state index is 0.257. The molecule has 2 aliphatic rings. The van der Waals surface area contributed by atoms with Crippen LogP contribution in [0.1, 0.15) is 47.0 Å². The summed E-state index contributed by atoms with van der Waals surface area (Å²) in [6.07, 6.45) is 4.20. The minimum Gasteiger partial charge on any atom is -0.312 e. The first-order valence-corrected chi connectivity index (χ1v) is 8.04. The average Bonchev–Trinajstić information content (AvgIpc) is 3.06. The standard InChI is InChI=1S/C16H33N3/c1-13(18(5)15-6-7-15)11-19-9-8-14(12-19)10-17-16(2,3)4/h13-15,17H,6-12H2,1-5H3. The van der Waals surface area contributed by atoms with Crippen molar-refractivity contribution < 1.29 is 0 Å². The van der Waals surface area contributed by atoms with E-state index in [1.807, 2.05) is 0 Å². The van der Waals surface area contributed by atoms with Crippen LogP contribution in [0.3, 0.4) is 0 Å². The van der Waals surface area contributed by atoms with E-state index in [4.69, 9.17) is 0 Å². The Morgan fingerprint density at radius 1 is 1.26 bits per heavy atom.